The molecule has 9 heteroatoms. The molecular formula is C39H27BN2O4S2. The Morgan fingerprint density at radius 2 is 1.00 bits per heavy atom. The second-order valence-corrected chi connectivity index (χ2v) is 14.8. The third-order valence-electron chi connectivity index (χ3n) is 9.78. The standard InChI is InChI=1S/C39H27BN2O4S2/c1-22-18-27-35-28(19-22)42(24-11-13-30-32(21-24)46-17-15-44-30)37-26-7-3-5-9-34(26)48-39(37)40(35)38-36(25-6-2-4-8-33(25)47-38)41(27)23-10-12-29-31(20-23)45-16-14-43-29/h2-13,18-21H,14-17H2,1H3. The number of nitrogens with zero attached hydrogens (tertiary/aromatic N) is 2. The maximum atomic E-state index is 6.12. The molecular weight excluding hydrogens is 635 g/mol. The maximum absolute atomic E-state index is 6.12. The van der Waals surface area contributed by atoms with Crippen LogP contribution in [0.1, 0.15) is 5.56 Å². The van der Waals surface area contributed by atoms with Gasteiger partial charge in [0.25, 0.3) is 6.71 Å². The third kappa shape index (κ3) is 3.68. The van der Waals surface area contributed by atoms with Crippen LogP contribution in [0.25, 0.3) is 20.2 Å². The molecule has 0 radical (unpaired) electrons. The molecule has 48 heavy (non-hydrogen) atoms. The van der Waals surface area contributed by atoms with Crippen molar-refractivity contribution in [1.82, 2.24) is 0 Å². The van der Waals surface area contributed by atoms with Crippen molar-refractivity contribution in [3.63, 3.8) is 0 Å². The van der Waals surface area contributed by atoms with Gasteiger partial charge in [-0.2, -0.15) is 0 Å². The summed E-state index contributed by atoms with van der Waals surface area (Å²) in [5.41, 5.74) is 9.49. The number of fused-ring (bicyclic) bond motifs is 10. The highest BCUT2D eigenvalue weighted by atomic mass is 32.1. The van der Waals surface area contributed by atoms with Gasteiger partial charge in [-0.15, -0.1) is 22.7 Å². The Balaban J connectivity index is 1.25. The molecule has 0 atom stereocenters. The Kier molecular flexibility index (Phi) is 5.58. The molecule has 0 bridgehead atoms. The Morgan fingerprint density at radius 3 is 1.50 bits per heavy atom. The predicted octanol–water partition coefficient (Wildman–Crippen LogP) is 8.05. The molecule has 0 unspecified atom stereocenters. The van der Waals surface area contributed by atoms with E-state index in [1.807, 2.05) is 22.7 Å². The number of ether oxygens (including phenoxy) is 4. The normalized spacial score (nSPS) is 15.4. The van der Waals surface area contributed by atoms with Gasteiger partial charge in [-0.3, -0.25) is 0 Å². The highest BCUT2D eigenvalue weighted by Gasteiger charge is 2.47. The van der Waals surface area contributed by atoms with Crippen molar-refractivity contribution in [2.75, 3.05) is 36.2 Å². The summed E-state index contributed by atoms with van der Waals surface area (Å²) in [6.07, 6.45) is 0. The minimum absolute atomic E-state index is 0.0809. The van der Waals surface area contributed by atoms with E-state index in [1.165, 1.54) is 63.5 Å². The smallest absolute Gasteiger partial charge is 0.277 e. The van der Waals surface area contributed by atoms with Crippen LogP contribution in [-0.4, -0.2) is 33.1 Å². The molecule has 0 saturated heterocycles. The van der Waals surface area contributed by atoms with Crippen molar-refractivity contribution in [3.8, 4) is 23.0 Å². The first-order valence-corrected chi connectivity index (χ1v) is 17.9. The zero-order valence-corrected chi connectivity index (χ0v) is 27.6. The van der Waals surface area contributed by atoms with Crippen molar-refractivity contribution < 1.29 is 18.9 Å². The van der Waals surface area contributed by atoms with Gasteiger partial charge in [-0.25, -0.2) is 0 Å². The number of benzene rings is 5. The largest absolute Gasteiger partial charge is 0.486 e. The van der Waals surface area contributed by atoms with Gasteiger partial charge in [-0.05, 0) is 66.5 Å². The molecule has 0 fully saturated rings. The molecule has 7 aromatic rings. The monoisotopic (exact) mass is 662 g/mol. The van der Waals surface area contributed by atoms with Gasteiger partial charge >= 0.3 is 0 Å². The number of rotatable bonds is 2. The van der Waals surface area contributed by atoms with Gasteiger partial charge in [0.15, 0.2) is 23.0 Å². The average molecular weight is 663 g/mol. The van der Waals surface area contributed by atoms with E-state index >= 15 is 0 Å². The van der Waals surface area contributed by atoms with Crippen LogP contribution in [0.3, 0.4) is 0 Å². The van der Waals surface area contributed by atoms with E-state index in [2.05, 4.69) is 114 Å². The van der Waals surface area contributed by atoms with Crippen LogP contribution in [-0.2, 0) is 0 Å². The summed E-state index contributed by atoms with van der Waals surface area (Å²) in [5, 5.41) is 2.52. The van der Waals surface area contributed by atoms with Gasteiger partial charge < -0.3 is 28.7 Å². The molecule has 0 N–H and O–H groups in total. The van der Waals surface area contributed by atoms with Crippen LogP contribution in [0, 0.1) is 6.92 Å². The summed E-state index contributed by atoms with van der Waals surface area (Å²) >= 11 is 3.83. The van der Waals surface area contributed by atoms with Crippen molar-refractivity contribution in [1.29, 1.82) is 0 Å². The number of thiophene rings is 2. The van der Waals surface area contributed by atoms with Crippen LogP contribution in [0.2, 0.25) is 0 Å². The average Bonchev–Trinajstić information content (AvgIpc) is 3.70. The molecule has 4 aliphatic heterocycles. The molecule has 11 rings (SSSR count). The molecule has 0 amide bonds. The predicted molar refractivity (Wildman–Crippen MR) is 198 cm³/mol. The van der Waals surface area contributed by atoms with Gasteiger partial charge in [0.05, 0.1) is 22.7 Å². The molecule has 2 aromatic heterocycles. The molecule has 5 aromatic carbocycles. The second-order valence-electron chi connectivity index (χ2n) is 12.6. The molecule has 6 nitrogen and oxygen atoms in total. The van der Waals surface area contributed by atoms with Crippen LogP contribution < -0.4 is 43.8 Å². The van der Waals surface area contributed by atoms with Crippen molar-refractivity contribution in [3.05, 3.63) is 103 Å². The van der Waals surface area contributed by atoms with Crippen LogP contribution in [0.5, 0.6) is 23.0 Å². The topological polar surface area (TPSA) is 43.4 Å². The van der Waals surface area contributed by atoms with Crippen LogP contribution in [0.15, 0.2) is 97.1 Å². The fourth-order valence-electron chi connectivity index (χ4n) is 7.88. The minimum atomic E-state index is 0.0809. The molecule has 232 valence electrons. The van der Waals surface area contributed by atoms with E-state index in [1.54, 1.807) is 0 Å². The summed E-state index contributed by atoms with van der Waals surface area (Å²) in [5.74, 6) is 3.16. The van der Waals surface area contributed by atoms with Gasteiger partial charge in [0, 0.05) is 53.2 Å². The van der Waals surface area contributed by atoms with Crippen LogP contribution in [0.4, 0.5) is 34.1 Å². The SMILES string of the molecule is Cc1cc2c3c(c1)N(c1ccc4c(c1)OCCO4)c1c(sc4ccccc14)B3c1sc3ccccc3c1N2c1ccc2c(c1)OCCO2. The summed E-state index contributed by atoms with van der Waals surface area (Å²) in [4.78, 5) is 4.93. The summed E-state index contributed by atoms with van der Waals surface area (Å²) < 4.78 is 29.4. The third-order valence-corrected chi connectivity index (χ3v) is 12.2. The lowest BCUT2D eigenvalue weighted by Gasteiger charge is -2.42. The van der Waals surface area contributed by atoms with Gasteiger partial charge in [0.1, 0.15) is 26.4 Å². The van der Waals surface area contributed by atoms with Crippen molar-refractivity contribution in [2.45, 2.75) is 6.92 Å². The zero-order chi connectivity index (χ0) is 31.5. The van der Waals surface area contributed by atoms with E-state index in [-0.39, 0.29) is 6.71 Å². The Hall–Kier alpha value is -5.12. The minimum Gasteiger partial charge on any atom is -0.486 e. The van der Waals surface area contributed by atoms with E-state index in [9.17, 15) is 0 Å². The molecule has 0 spiro atoms. The second kappa shape index (κ2) is 9.95. The number of aryl methyl sites for hydroxylation is 1. The van der Waals surface area contributed by atoms with E-state index in [0.717, 1.165) is 34.4 Å². The Labute approximate surface area is 285 Å². The fraction of sp³-hybridized carbons (Fsp3) is 0.128. The lowest BCUT2D eigenvalue weighted by molar-refractivity contribution is 0.171. The molecule has 6 heterocycles. The highest BCUT2D eigenvalue weighted by Crippen LogP contribution is 2.52. The molecule has 0 aliphatic carbocycles. The summed E-state index contributed by atoms with van der Waals surface area (Å²) in [6, 6.07) is 35.1. The quantitative estimate of drug-likeness (QED) is 0.175. The summed E-state index contributed by atoms with van der Waals surface area (Å²) in [6.45, 7) is 4.51. The number of anilines is 6. The fourth-order valence-corrected chi connectivity index (χ4v) is 10.6. The van der Waals surface area contributed by atoms with E-state index in [4.69, 9.17) is 18.9 Å². The highest BCUT2D eigenvalue weighted by molar-refractivity contribution is 7.40. The Morgan fingerprint density at radius 1 is 0.542 bits per heavy atom. The van der Waals surface area contributed by atoms with Gasteiger partial charge in [-0.1, -0.05) is 36.4 Å². The Bertz CT molecular complexity index is 2320. The first kappa shape index (κ1) is 26.9. The first-order chi connectivity index (χ1) is 23.7. The number of hydrogen-bond donors (Lipinski definition) is 0. The summed E-state index contributed by atoms with van der Waals surface area (Å²) in [7, 11) is 0. The van der Waals surface area contributed by atoms with Crippen molar-refractivity contribution >= 4 is 98.7 Å². The molecule has 0 saturated carbocycles. The van der Waals surface area contributed by atoms with Crippen LogP contribution >= 0.6 is 22.7 Å². The first-order valence-electron chi connectivity index (χ1n) is 16.3. The number of hydrogen-bond acceptors (Lipinski definition) is 8. The van der Waals surface area contributed by atoms with Gasteiger partial charge in [0.2, 0.25) is 0 Å². The lowest BCUT2D eigenvalue weighted by Crippen LogP contribution is -2.59. The zero-order valence-electron chi connectivity index (χ0n) is 26.0. The molecule has 4 aliphatic rings. The van der Waals surface area contributed by atoms with E-state index in [0.29, 0.717) is 26.4 Å². The lowest BCUT2D eigenvalue weighted by atomic mass is 9.39. The maximum Gasteiger partial charge on any atom is 0.277 e. The van der Waals surface area contributed by atoms with Crippen molar-refractivity contribution in [2.24, 2.45) is 0 Å². The van der Waals surface area contributed by atoms with E-state index < -0.39 is 0 Å².